The van der Waals surface area contributed by atoms with Crippen LogP contribution in [0.1, 0.15) is 106 Å². The van der Waals surface area contributed by atoms with Crippen molar-refractivity contribution in [2.45, 2.75) is 222 Å². The Morgan fingerprint density at radius 3 is 1.94 bits per heavy atom. The predicted octanol–water partition coefficient (Wildman–Crippen LogP) is -0.813. The molecule has 0 bridgehead atoms. The molecular weight excluding hydrogens is 840 g/mol. The Labute approximate surface area is 375 Å². The second-order valence-corrected chi connectivity index (χ2v) is 23.4. The molecule has 0 aromatic heterocycles. The van der Waals surface area contributed by atoms with Crippen LogP contribution in [0.3, 0.4) is 0 Å². The molecule has 9 fully saturated rings. The zero-order valence-electron chi connectivity index (χ0n) is 38.3. The van der Waals surface area contributed by atoms with E-state index in [1.165, 1.54) is 0 Å². The van der Waals surface area contributed by atoms with Crippen LogP contribution >= 0.6 is 0 Å². The highest BCUT2D eigenvalue weighted by Crippen LogP contribution is 2.89. The fourth-order valence-electron chi connectivity index (χ4n) is 16.1. The lowest BCUT2D eigenvalue weighted by molar-refractivity contribution is -0.360. The fraction of sp³-hybridized carbons (Fsp3) is 1.00. The number of rotatable bonds is 9. The summed E-state index contributed by atoms with van der Waals surface area (Å²) in [6, 6.07) is 0. The number of aliphatic hydroxyl groups is 11. The van der Waals surface area contributed by atoms with Crippen LogP contribution in [0.4, 0.5) is 0 Å². The topological polar surface area (TPSA) is 287 Å². The minimum absolute atomic E-state index is 0.0415. The summed E-state index contributed by atoms with van der Waals surface area (Å²) in [5.74, 6) is -0.417. The normalized spacial score (nSPS) is 58.2. The van der Waals surface area contributed by atoms with Gasteiger partial charge in [-0.3, -0.25) is 0 Å². The Bertz CT molecular complexity index is 1710. The molecule has 0 aromatic carbocycles. The zero-order valence-corrected chi connectivity index (χ0v) is 38.3. The quantitative estimate of drug-likeness (QED) is 0.126. The lowest BCUT2D eigenvalue weighted by atomic mass is 9.41. The first kappa shape index (κ1) is 48.3. The van der Waals surface area contributed by atoms with Gasteiger partial charge in [-0.25, -0.2) is 0 Å². The SMILES string of the molecule is CC(C)(O)[C@@H]1CC[C@](C)([C@H]2[C@@H](O)C[C@@]3(C)[C@@H]4C[C@H](O[C@@H]5O[C@H](CO)[C@@H](O)[C@H](O)[C@H]5O)[C@H]5C(C)(C)[C@@H](O[C@@H]6OC[C@@H](O)[C@H](O)[C@H]6O[C@@H]6OC[C@H](O)[C@H](O)[C@H]6O)CC[C@@]56C[C@@]46CC[C@]23C)O1. The summed E-state index contributed by atoms with van der Waals surface area (Å²) in [4.78, 5) is 0. The molecule has 368 valence electrons. The molecule has 5 aliphatic carbocycles. The molecule has 2 spiro atoms. The molecule has 4 heterocycles. The van der Waals surface area contributed by atoms with E-state index in [1.54, 1.807) is 13.8 Å². The van der Waals surface area contributed by atoms with Crippen molar-refractivity contribution in [1.82, 2.24) is 0 Å². The summed E-state index contributed by atoms with van der Waals surface area (Å²) < 4.78 is 44.1. The van der Waals surface area contributed by atoms with Crippen LogP contribution in [-0.2, 0) is 33.2 Å². The first-order valence-corrected chi connectivity index (χ1v) is 23.8. The van der Waals surface area contributed by atoms with Crippen LogP contribution in [0.25, 0.3) is 0 Å². The summed E-state index contributed by atoms with van der Waals surface area (Å²) >= 11 is 0. The minimum Gasteiger partial charge on any atom is -0.394 e. The van der Waals surface area contributed by atoms with Gasteiger partial charge in [0.25, 0.3) is 0 Å². The monoisotopic (exact) mass is 917 g/mol. The van der Waals surface area contributed by atoms with Crippen molar-refractivity contribution in [3.63, 3.8) is 0 Å². The smallest absolute Gasteiger partial charge is 0.186 e. The van der Waals surface area contributed by atoms with Gasteiger partial charge in [-0.05, 0) is 117 Å². The molecule has 5 saturated carbocycles. The maximum Gasteiger partial charge on any atom is 0.186 e. The molecule has 0 aromatic rings. The van der Waals surface area contributed by atoms with Gasteiger partial charge in [-0.15, -0.1) is 0 Å². The first-order chi connectivity index (χ1) is 29.8. The highest BCUT2D eigenvalue weighted by atomic mass is 16.8. The largest absolute Gasteiger partial charge is 0.394 e. The van der Waals surface area contributed by atoms with Crippen molar-refractivity contribution in [1.29, 1.82) is 0 Å². The fourth-order valence-corrected chi connectivity index (χ4v) is 16.1. The number of hydrogen-bond donors (Lipinski definition) is 11. The molecule has 18 nitrogen and oxygen atoms in total. The molecule has 18 heteroatoms. The second-order valence-electron chi connectivity index (χ2n) is 23.4. The molecule has 0 unspecified atom stereocenters. The summed E-state index contributed by atoms with van der Waals surface area (Å²) in [5.41, 5.74) is -3.63. The van der Waals surface area contributed by atoms with Crippen molar-refractivity contribution in [2.24, 2.45) is 44.8 Å². The average Bonchev–Trinajstić information content (AvgIpc) is 3.59. The zero-order chi connectivity index (χ0) is 46.5. The van der Waals surface area contributed by atoms with Gasteiger partial charge < -0.3 is 89.3 Å². The lowest BCUT2D eigenvalue weighted by Gasteiger charge is -2.65. The summed E-state index contributed by atoms with van der Waals surface area (Å²) in [6.07, 6.45) is -14.9. The minimum atomic E-state index is -1.67. The summed E-state index contributed by atoms with van der Waals surface area (Å²) in [7, 11) is 0. The maximum absolute atomic E-state index is 12.3. The molecule has 0 amide bonds. The van der Waals surface area contributed by atoms with Gasteiger partial charge in [0.15, 0.2) is 18.9 Å². The van der Waals surface area contributed by atoms with Gasteiger partial charge in [0.2, 0.25) is 0 Å². The number of fused-ring (bicyclic) bond motifs is 2. The summed E-state index contributed by atoms with van der Waals surface area (Å²) in [5, 5.41) is 119. The van der Waals surface area contributed by atoms with E-state index in [9.17, 15) is 56.2 Å². The lowest BCUT2D eigenvalue weighted by Crippen LogP contribution is -2.65. The van der Waals surface area contributed by atoms with Gasteiger partial charge in [0, 0.05) is 5.92 Å². The predicted molar refractivity (Wildman–Crippen MR) is 220 cm³/mol. The van der Waals surface area contributed by atoms with E-state index >= 15 is 0 Å². The Kier molecular flexibility index (Phi) is 12.2. The van der Waals surface area contributed by atoms with Crippen LogP contribution < -0.4 is 0 Å². The van der Waals surface area contributed by atoms with Crippen molar-refractivity contribution in [2.75, 3.05) is 19.8 Å². The van der Waals surface area contributed by atoms with E-state index in [0.717, 1.165) is 19.3 Å². The number of aliphatic hydroxyl groups excluding tert-OH is 10. The molecule has 4 aliphatic heterocycles. The Balaban J connectivity index is 1.04. The van der Waals surface area contributed by atoms with Crippen LogP contribution in [0.5, 0.6) is 0 Å². The van der Waals surface area contributed by atoms with Gasteiger partial charge in [0.1, 0.15) is 61.0 Å². The third-order valence-corrected chi connectivity index (χ3v) is 19.3. The molecule has 64 heavy (non-hydrogen) atoms. The molecule has 11 N–H and O–H groups in total. The number of hydrogen-bond acceptors (Lipinski definition) is 18. The van der Waals surface area contributed by atoms with E-state index in [1.807, 2.05) is 0 Å². The van der Waals surface area contributed by atoms with Crippen molar-refractivity contribution >= 4 is 0 Å². The van der Waals surface area contributed by atoms with E-state index < -0.39 is 127 Å². The van der Waals surface area contributed by atoms with Crippen molar-refractivity contribution < 1.29 is 89.3 Å². The van der Waals surface area contributed by atoms with E-state index in [0.29, 0.717) is 38.5 Å². The van der Waals surface area contributed by atoms with E-state index in [2.05, 4.69) is 34.6 Å². The van der Waals surface area contributed by atoms with E-state index in [-0.39, 0.29) is 53.3 Å². The van der Waals surface area contributed by atoms with Crippen LogP contribution in [0.2, 0.25) is 0 Å². The third-order valence-electron chi connectivity index (χ3n) is 19.3. The van der Waals surface area contributed by atoms with E-state index in [4.69, 9.17) is 33.2 Å². The molecule has 4 saturated heterocycles. The highest BCUT2D eigenvalue weighted by molar-refractivity contribution is 5.33. The average molecular weight is 917 g/mol. The molecular formula is C46H76O18. The first-order valence-electron chi connectivity index (χ1n) is 23.8. The van der Waals surface area contributed by atoms with Crippen molar-refractivity contribution in [3.05, 3.63) is 0 Å². The highest BCUT2D eigenvalue weighted by Gasteiger charge is 2.85. The van der Waals surface area contributed by atoms with Gasteiger partial charge in [-0.1, -0.05) is 27.7 Å². The molecule has 25 atom stereocenters. The maximum atomic E-state index is 12.3. The standard InChI is InChI=1S/C46H76O18/c1-40(2)26(62-39-34(29(52)22(50)18-59-39)63-37-32(55)28(51)21(49)17-58-37)9-11-46-19-45(46)13-12-42(5)35(44(7)10-8-27(64-44)41(3,4)57)20(48)15-43(42,6)25(45)14-23(36(40)46)60-38-33(56)31(54)30(53)24(16-47)61-38/h20-39,47-57H,8-19H2,1-7H3/t20-,21-,22+,23-,24+,25-,26-,27-,28-,29-,30+,31-,32+,33+,34+,35-,36-,37-,38+,39-,42+,43-,44+,45-,46+/m0/s1. The van der Waals surface area contributed by atoms with Gasteiger partial charge in [-0.2, -0.15) is 0 Å². The third kappa shape index (κ3) is 7.01. The van der Waals surface area contributed by atoms with Crippen LogP contribution in [0, 0.1) is 44.8 Å². The Morgan fingerprint density at radius 2 is 1.28 bits per heavy atom. The van der Waals surface area contributed by atoms with Gasteiger partial charge in [0.05, 0.1) is 55.4 Å². The van der Waals surface area contributed by atoms with Crippen LogP contribution in [-0.4, -0.2) is 192 Å². The Hall–Kier alpha value is -0.720. The van der Waals surface area contributed by atoms with Crippen LogP contribution in [0.15, 0.2) is 0 Å². The number of ether oxygens (including phenoxy) is 7. The summed E-state index contributed by atoms with van der Waals surface area (Å²) in [6.45, 7) is 13.2. The molecule has 0 radical (unpaired) electrons. The Morgan fingerprint density at radius 1 is 0.625 bits per heavy atom. The molecule has 9 rings (SSSR count). The van der Waals surface area contributed by atoms with Gasteiger partial charge >= 0.3 is 0 Å². The molecule has 9 aliphatic rings. The second kappa shape index (κ2) is 16.2. The van der Waals surface area contributed by atoms with Crippen molar-refractivity contribution in [3.8, 4) is 0 Å².